The number of ether oxygens (including phenoxy) is 1. The Hall–Kier alpha value is -3.16. The largest absolute Gasteiger partial charge is 0.496 e. The molecule has 0 atom stereocenters. The molecular formula is C21H26N6O2. The van der Waals surface area contributed by atoms with E-state index in [-0.39, 0.29) is 5.91 Å². The number of benzene rings is 1. The lowest BCUT2D eigenvalue weighted by molar-refractivity contribution is 0.0743. The summed E-state index contributed by atoms with van der Waals surface area (Å²) in [5.74, 6) is 2.24. The summed E-state index contributed by atoms with van der Waals surface area (Å²) in [5.41, 5.74) is 2.33. The Balaban J connectivity index is 1.69. The molecule has 0 radical (unpaired) electrons. The van der Waals surface area contributed by atoms with Crippen molar-refractivity contribution in [3.63, 3.8) is 0 Å². The van der Waals surface area contributed by atoms with Crippen LogP contribution in [0, 0.1) is 0 Å². The Morgan fingerprint density at radius 1 is 1.17 bits per heavy atom. The third-order valence-corrected chi connectivity index (χ3v) is 5.20. The van der Waals surface area contributed by atoms with E-state index in [2.05, 4.69) is 12.0 Å². The first kappa shape index (κ1) is 19.2. The Kier molecular flexibility index (Phi) is 5.33. The van der Waals surface area contributed by atoms with Gasteiger partial charge >= 0.3 is 0 Å². The first-order chi connectivity index (χ1) is 14.1. The van der Waals surface area contributed by atoms with Gasteiger partial charge in [-0.1, -0.05) is 31.5 Å². The number of hydrogen-bond acceptors (Lipinski definition) is 5. The SMILES string of the molecule is CCCCn1nc(Cc2ccccc2OC)nc1-c1cc2n(n1)CCN(C)C2=O. The van der Waals surface area contributed by atoms with Gasteiger partial charge in [0.2, 0.25) is 0 Å². The van der Waals surface area contributed by atoms with Crippen LogP contribution in [0.5, 0.6) is 5.75 Å². The van der Waals surface area contributed by atoms with E-state index in [0.717, 1.165) is 36.5 Å². The fourth-order valence-electron chi connectivity index (χ4n) is 3.55. The van der Waals surface area contributed by atoms with E-state index in [4.69, 9.17) is 14.8 Å². The predicted molar refractivity (Wildman–Crippen MR) is 109 cm³/mol. The lowest BCUT2D eigenvalue weighted by atomic mass is 10.1. The van der Waals surface area contributed by atoms with Crippen LogP contribution in [-0.4, -0.2) is 56.1 Å². The smallest absolute Gasteiger partial charge is 0.271 e. The number of amides is 1. The number of nitrogens with zero attached hydrogens (tertiary/aromatic N) is 6. The van der Waals surface area contributed by atoms with Gasteiger partial charge in [-0.05, 0) is 12.5 Å². The molecule has 29 heavy (non-hydrogen) atoms. The van der Waals surface area contributed by atoms with E-state index in [1.165, 1.54) is 0 Å². The van der Waals surface area contributed by atoms with Crippen LogP contribution in [0.4, 0.5) is 0 Å². The number of hydrogen-bond donors (Lipinski definition) is 0. The second-order valence-electron chi connectivity index (χ2n) is 7.28. The summed E-state index contributed by atoms with van der Waals surface area (Å²) >= 11 is 0. The number of fused-ring (bicyclic) bond motifs is 1. The van der Waals surface area contributed by atoms with E-state index in [0.29, 0.717) is 36.7 Å². The number of carbonyl (C=O) groups is 1. The standard InChI is InChI=1S/C21H26N6O2/c1-4-5-10-27-20(16-14-17-21(28)25(2)11-12-26(17)23-16)22-19(24-27)13-15-8-6-7-9-18(15)29-3/h6-9,14H,4-5,10-13H2,1-3H3. The number of aromatic nitrogens is 5. The number of unbranched alkanes of at least 4 members (excludes halogenated alkanes) is 1. The van der Waals surface area contributed by atoms with Crippen molar-refractivity contribution in [3.05, 3.63) is 47.4 Å². The first-order valence-corrected chi connectivity index (χ1v) is 10.00. The predicted octanol–water partition coefficient (Wildman–Crippen LogP) is 2.63. The van der Waals surface area contributed by atoms with Gasteiger partial charge in [0, 0.05) is 38.2 Å². The van der Waals surface area contributed by atoms with Crippen molar-refractivity contribution in [2.75, 3.05) is 20.7 Å². The highest BCUT2D eigenvalue weighted by Gasteiger charge is 2.26. The van der Waals surface area contributed by atoms with Gasteiger partial charge in [0.05, 0.1) is 13.7 Å². The molecule has 4 rings (SSSR count). The van der Waals surface area contributed by atoms with Gasteiger partial charge in [0.15, 0.2) is 11.6 Å². The van der Waals surface area contributed by atoms with Crippen LogP contribution in [-0.2, 0) is 19.5 Å². The molecule has 0 spiro atoms. The molecule has 3 aromatic rings. The van der Waals surface area contributed by atoms with Crippen LogP contribution >= 0.6 is 0 Å². The van der Waals surface area contributed by atoms with Crippen LogP contribution in [0.1, 0.15) is 41.6 Å². The number of likely N-dealkylation sites (N-methyl/N-ethyl adjacent to an activating group) is 1. The molecule has 3 heterocycles. The molecule has 0 N–H and O–H groups in total. The maximum atomic E-state index is 12.4. The maximum absolute atomic E-state index is 12.4. The molecule has 8 heteroatoms. The van der Waals surface area contributed by atoms with Gasteiger partial charge < -0.3 is 9.64 Å². The van der Waals surface area contributed by atoms with Crippen molar-refractivity contribution in [2.45, 2.75) is 39.3 Å². The molecule has 8 nitrogen and oxygen atoms in total. The lowest BCUT2D eigenvalue weighted by Crippen LogP contribution is -2.37. The van der Waals surface area contributed by atoms with Crippen molar-refractivity contribution in [3.8, 4) is 17.3 Å². The first-order valence-electron chi connectivity index (χ1n) is 10.00. The quantitative estimate of drug-likeness (QED) is 0.616. The summed E-state index contributed by atoms with van der Waals surface area (Å²) in [6.07, 6.45) is 2.63. The summed E-state index contributed by atoms with van der Waals surface area (Å²) < 4.78 is 9.15. The summed E-state index contributed by atoms with van der Waals surface area (Å²) in [7, 11) is 3.48. The fourth-order valence-corrected chi connectivity index (χ4v) is 3.55. The molecule has 1 amide bonds. The minimum atomic E-state index is -0.0103. The molecule has 1 aromatic carbocycles. The molecule has 1 aliphatic rings. The highest BCUT2D eigenvalue weighted by Crippen LogP contribution is 2.24. The number of methoxy groups -OCH3 is 1. The summed E-state index contributed by atoms with van der Waals surface area (Å²) in [5, 5.41) is 9.39. The van der Waals surface area contributed by atoms with Gasteiger partial charge in [-0.15, -0.1) is 0 Å². The van der Waals surface area contributed by atoms with E-state index in [9.17, 15) is 4.79 Å². The Morgan fingerprint density at radius 2 is 2.00 bits per heavy atom. The minimum absolute atomic E-state index is 0.0103. The van der Waals surface area contributed by atoms with Gasteiger partial charge in [-0.25, -0.2) is 9.67 Å². The zero-order chi connectivity index (χ0) is 20.4. The normalized spacial score (nSPS) is 13.6. The lowest BCUT2D eigenvalue weighted by Gasteiger charge is -2.22. The van der Waals surface area contributed by atoms with Crippen molar-refractivity contribution >= 4 is 5.91 Å². The van der Waals surface area contributed by atoms with Crippen molar-refractivity contribution in [2.24, 2.45) is 0 Å². The average Bonchev–Trinajstić information content (AvgIpc) is 3.34. The van der Waals surface area contributed by atoms with Crippen LogP contribution in [0.3, 0.4) is 0 Å². The molecule has 0 aliphatic carbocycles. The summed E-state index contributed by atoms with van der Waals surface area (Å²) in [4.78, 5) is 18.9. The average molecular weight is 394 g/mol. The Labute approximate surface area is 170 Å². The highest BCUT2D eigenvalue weighted by atomic mass is 16.5. The number of para-hydroxylation sites is 1. The summed E-state index contributed by atoms with van der Waals surface area (Å²) in [6.45, 7) is 4.26. The molecule has 0 unspecified atom stereocenters. The molecule has 1 aliphatic heterocycles. The number of aryl methyl sites for hydroxylation is 1. The third-order valence-electron chi connectivity index (χ3n) is 5.20. The minimum Gasteiger partial charge on any atom is -0.496 e. The Morgan fingerprint density at radius 3 is 2.79 bits per heavy atom. The monoisotopic (exact) mass is 394 g/mol. The fraction of sp³-hybridized carbons (Fsp3) is 0.429. The molecular weight excluding hydrogens is 368 g/mol. The van der Waals surface area contributed by atoms with Crippen LogP contribution in [0.15, 0.2) is 30.3 Å². The van der Waals surface area contributed by atoms with E-state index in [1.807, 2.05) is 42.1 Å². The van der Waals surface area contributed by atoms with Crippen molar-refractivity contribution < 1.29 is 9.53 Å². The molecule has 0 bridgehead atoms. The molecule has 0 saturated heterocycles. The van der Waals surface area contributed by atoms with Gasteiger partial charge in [-0.3, -0.25) is 9.48 Å². The highest BCUT2D eigenvalue weighted by molar-refractivity contribution is 5.94. The van der Waals surface area contributed by atoms with Gasteiger partial charge in [0.25, 0.3) is 5.91 Å². The second-order valence-corrected chi connectivity index (χ2v) is 7.28. The summed E-state index contributed by atoms with van der Waals surface area (Å²) in [6, 6.07) is 9.73. The van der Waals surface area contributed by atoms with E-state index >= 15 is 0 Å². The number of carbonyl (C=O) groups excluding carboxylic acids is 1. The zero-order valence-electron chi connectivity index (χ0n) is 17.1. The molecule has 0 fully saturated rings. The molecule has 152 valence electrons. The van der Waals surface area contributed by atoms with Gasteiger partial charge in [0.1, 0.15) is 17.1 Å². The topological polar surface area (TPSA) is 78.1 Å². The van der Waals surface area contributed by atoms with E-state index < -0.39 is 0 Å². The third kappa shape index (κ3) is 3.74. The number of rotatable bonds is 7. The maximum Gasteiger partial charge on any atom is 0.271 e. The second kappa shape index (κ2) is 8.06. The van der Waals surface area contributed by atoms with E-state index in [1.54, 1.807) is 16.7 Å². The van der Waals surface area contributed by atoms with Crippen molar-refractivity contribution in [1.29, 1.82) is 0 Å². The van der Waals surface area contributed by atoms with Crippen LogP contribution < -0.4 is 4.74 Å². The van der Waals surface area contributed by atoms with Crippen molar-refractivity contribution in [1.82, 2.24) is 29.4 Å². The van der Waals surface area contributed by atoms with Gasteiger partial charge in [-0.2, -0.15) is 10.2 Å². The zero-order valence-corrected chi connectivity index (χ0v) is 17.1. The van der Waals surface area contributed by atoms with Crippen LogP contribution in [0.2, 0.25) is 0 Å². The Bertz CT molecular complexity index is 1020. The molecule has 0 saturated carbocycles. The molecule has 2 aromatic heterocycles. The van der Waals surface area contributed by atoms with Crippen LogP contribution in [0.25, 0.3) is 11.5 Å².